The zero-order chi connectivity index (χ0) is 25.9. The number of fused-ring (bicyclic) bond motifs is 1. The number of benzene rings is 1. The third-order valence-electron chi connectivity index (χ3n) is 6.90. The smallest absolute Gasteiger partial charge is 0.275 e. The Bertz CT molecular complexity index is 1280. The first-order valence-corrected chi connectivity index (χ1v) is 12.4. The number of carbonyl (C=O) groups excluding carboxylic acids is 1. The maximum atomic E-state index is 14.0. The van der Waals surface area contributed by atoms with Crippen molar-refractivity contribution in [2.45, 2.75) is 51.4 Å². The van der Waals surface area contributed by atoms with E-state index in [0.29, 0.717) is 54.8 Å². The molecule has 0 spiro atoms. The zero-order valence-corrected chi connectivity index (χ0v) is 21.0. The van der Waals surface area contributed by atoms with Gasteiger partial charge in [-0.2, -0.15) is 10.1 Å². The lowest BCUT2D eigenvalue weighted by Gasteiger charge is -2.35. The number of hydrogen-bond donors (Lipinski definition) is 2. The molecule has 2 N–H and O–H groups in total. The van der Waals surface area contributed by atoms with Crippen LogP contribution in [0.2, 0.25) is 0 Å². The molecule has 2 aromatic heterocycles. The Morgan fingerprint density at radius 1 is 1.27 bits per heavy atom. The van der Waals surface area contributed by atoms with Crippen LogP contribution in [-0.4, -0.2) is 74.7 Å². The topological polar surface area (TPSA) is 115 Å². The number of hydrogen-bond acceptors (Lipinski definition) is 8. The third kappa shape index (κ3) is 5.34. The van der Waals surface area contributed by atoms with Crippen LogP contribution in [0.25, 0.3) is 5.82 Å². The van der Waals surface area contributed by atoms with Crippen LogP contribution < -0.4 is 5.32 Å². The number of aliphatic hydroxyl groups is 1. The predicted octanol–water partition coefficient (Wildman–Crippen LogP) is 2.41. The highest BCUT2D eigenvalue weighted by atomic mass is 19.1. The van der Waals surface area contributed by atoms with Crippen LogP contribution in [0.5, 0.6) is 0 Å². The van der Waals surface area contributed by atoms with E-state index in [1.54, 1.807) is 22.9 Å². The molecule has 1 atom stereocenters. The van der Waals surface area contributed by atoms with Gasteiger partial charge in [0.1, 0.15) is 5.82 Å². The van der Waals surface area contributed by atoms with Gasteiger partial charge in [0, 0.05) is 56.4 Å². The van der Waals surface area contributed by atoms with Crippen molar-refractivity contribution >= 4 is 11.9 Å². The summed E-state index contributed by atoms with van der Waals surface area (Å²) in [6.07, 6.45) is 5.87. The van der Waals surface area contributed by atoms with Crippen molar-refractivity contribution in [2.24, 2.45) is 0 Å². The van der Waals surface area contributed by atoms with Crippen LogP contribution in [0.15, 0.2) is 30.6 Å². The molecule has 0 unspecified atom stereocenters. The summed E-state index contributed by atoms with van der Waals surface area (Å²) < 4.78 is 26.4. The van der Waals surface area contributed by atoms with Gasteiger partial charge in [0.15, 0.2) is 11.5 Å². The first kappa shape index (κ1) is 25.2. The largest absolute Gasteiger partial charge is 0.392 e. The van der Waals surface area contributed by atoms with E-state index < -0.39 is 5.82 Å². The minimum Gasteiger partial charge on any atom is -0.392 e. The highest BCUT2D eigenvalue weighted by Crippen LogP contribution is 2.27. The monoisotopic (exact) mass is 510 g/mol. The molecule has 37 heavy (non-hydrogen) atoms. The average Bonchev–Trinajstić information content (AvgIpc) is 3.32. The first-order valence-electron chi connectivity index (χ1n) is 12.4. The van der Waals surface area contributed by atoms with Crippen molar-refractivity contribution in [1.82, 2.24) is 24.6 Å². The molecule has 10 nitrogen and oxygen atoms in total. The molecule has 3 aromatic rings. The number of nitrogens with zero attached hydrogens (tertiary/aromatic N) is 5. The standard InChI is InChI=1S/C26H31FN6O4/c1-16-11-28-26(29-21-5-7-37-8-6-21)30-24(16)33-13-19-10-22(15-36-2)32(25(35)23(19)31-33)12-18-9-20(27)4-3-17(18)14-34/h3-4,9,11,13,21-22,34H,5-8,10,12,14-15H2,1-2H3,(H,28,29,30)/t22-/m1/s1. The van der Waals surface area contributed by atoms with Gasteiger partial charge in [-0.25, -0.2) is 14.1 Å². The molecule has 2 aliphatic rings. The summed E-state index contributed by atoms with van der Waals surface area (Å²) >= 11 is 0. The van der Waals surface area contributed by atoms with Crippen LogP contribution in [0.1, 0.15) is 45.6 Å². The van der Waals surface area contributed by atoms with E-state index in [1.807, 2.05) is 13.1 Å². The SMILES string of the molecule is COC[C@H]1Cc2cn(-c3nc(NC4CCOCC4)ncc3C)nc2C(=O)N1Cc1cc(F)ccc1CO. The Morgan fingerprint density at radius 2 is 2.08 bits per heavy atom. The number of anilines is 1. The summed E-state index contributed by atoms with van der Waals surface area (Å²) in [7, 11) is 1.58. The van der Waals surface area contributed by atoms with Gasteiger partial charge >= 0.3 is 0 Å². The molecule has 4 heterocycles. The van der Waals surface area contributed by atoms with E-state index in [2.05, 4.69) is 15.4 Å². The maximum absolute atomic E-state index is 14.0. The van der Waals surface area contributed by atoms with E-state index in [1.165, 1.54) is 18.2 Å². The van der Waals surface area contributed by atoms with Gasteiger partial charge in [0.05, 0.1) is 19.3 Å². The van der Waals surface area contributed by atoms with Gasteiger partial charge < -0.3 is 24.8 Å². The molecule has 0 saturated carbocycles. The summed E-state index contributed by atoms with van der Waals surface area (Å²) in [6.45, 7) is 3.52. The minimum atomic E-state index is -0.422. The molecule has 1 saturated heterocycles. The number of ether oxygens (including phenoxy) is 2. The molecule has 1 amide bonds. The van der Waals surface area contributed by atoms with Crippen molar-refractivity contribution < 1.29 is 23.8 Å². The molecule has 1 aromatic carbocycles. The third-order valence-corrected chi connectivity index (χ3v) is 6.90. The summed E-state index contributed by atoms with van der Waals surface area (Å²) in [5.74, 6) is 0.403. The van der Waals surface area contributed by atoms with Crippen molar-refractivity contribution in [1.29, 1.82) is 0 Å². The average molecular weight is 511 g/mol. The van der Waals surface area contributed by atoms with Crippen LogP contribution in [0.4, 0.5) is 10.3 Å². The lowest BCUT2D eigenvalue weighted by atomic mass is 9.97. The van der Waals surface area contributed by atoms with E-state index in [9.17, 15) is 14.3 Å². The summed E-state index contributed by atoms with van der Waals surface area (Å²) in [4.78, 5) is 24.4. The second-order valence-corrected chi connectivity index (χ2v) is 9.50. The molecule has 0 bridgehead atoms. The van der Waals surface area contributed by atoms with Gasteiger partial charge in [-0.3, -0.25) is 4.79 Å². The number of aromatic nitrogens is 4. The minimum absolute atomic E-state index is 0.137. The number of carbonyl (C=O) groups is 1. The summed E-state index contributed by atoms with van der Waals surface area (Å²) in [5, 5.41) is 17.7. The van der Waals surface area contributed by atoms with Crippen molar-refractivity contribution in [3.05, 3.63) is 64.4 Å². The van der Waals surface area contributed by atoms with Crippen LogP contribution in [-0.2, 0) is 29.0 Å². The van der Waals surface area contributed by atoms with E-state index in [4.69, 9.17) is 14.5 Å². The molecule has 5 rings (SSSR count). The van der Waals surface area contributed by atoms with Crippen molar-refractivity contribution in [2.75, 3.05) is 32.2 Å². The molecule has 2 aliphatic heterocycles. The fraction of sp³-hybridized carbons (Fsp3) is 0.462. The quantitative estimate of drug-likeness (QED) is 0.475. The number of amides is 1. The Morgan fingerprint density at radius 3 is 2.84 bits per heavy atom. The number of nitrogens with one attached hydrogen (secondary N) is 1. The Hall–Kier alpha value is -3.41. The Labute approximate surface area is 214 Å². The molecule has 11 heteroatoms. The van der Waals surface area contributed by atoms with Gasteiger partial charge in [-0.05, 0) is 49.4 Å². The number of methoxy groups -OCH3 is 1. The summed E-state index contributed by atoms with van der Waals surface area (Å²) in [5.41, 5.74) is 3.06. The highest BCUT2D eigenvalue weighted by molar-refractivity contribution is 5.95. The van der Waals surface area contributed by atoms with Gasteiger partial charge in [-0.1, -0.05) is 6.07 Å². The fourth-order valence-corrected chi connectivity index (χ4v) is 4.89. The number of halogens is 1. The Balaban J connectivity index is 1.44. The number of aliphatic hydroxyl groups excluding tert-OH is 1. The van der Waals surface area contributed by atoms with Gasteiger partial charge in [0.25, 0.3) is 5.91 Å². The van der Waals surface area contributed by atoms with Crippen molar-refractivity contribution in [3.8, 4) is 5.82 Å². The van der Waals surface area contributed by atoms with E-state index in [-0.39, 0.29) is 31.1 Å². The lowest BCUT2D eigenvalue weighted by molar-refractivity contribution is 0.0463. The molecule has 1 fully saturated rings. The second kappa shape index (κ2) is 10.9. The van der Waals surface area contributed by atoms with Crippen LogP contribution >= 0.6 is 0 Å². The van der Waals surface area contributed by atoms with E-state index >= 15 is 0 Å². The molecule has 196 valence electrons. The van der Waals surface area contributed by atoms with E-state index in [0.717, 1.165) is 24.0 Å². The highest BCUT2D eigenvalue weighted by Gasteiger charge is 2.35. The Kier molecular flexibility index (Phi) is 7.45. The number of aryl methyl sites for hydroxylation is 1. The first-order chi connectivity index (χ1) is 18.0. The number of rotatable bonds is 8. The van der Waals surface area contributed by atoms with Crippen LogP contribution in [0, 0.1) is 12.7 Å². The maximum Gasteiger partial charge on any atom is 0.275 e. The summed E-state index contributed by atoms with van der Waals surface area (Å²) in [6, 6.07) is 4.17. The molecule has 0 aliphatic carbocycles. The van der Waals surface area contributed by atoms with Gasteiger partial charge in [-0.15, -0.1) is 0 Å². The fourth-order valence-electron chi connectivity index (χ4n) is 4.89. The van der Waals surface area contributed by atoms with Crippen molar-refractivity contribution in [3.63, 3.8) is 0 Å². The molecular weight excluding hydrogens is 479 g/mol. The molecule has 0 radical (unpaired) electrons. The molecular formula is C26H31FN6O4. The lowest BCUT2D eigenvalue weighted by Crippen LogP contribution is -2.47. The zero-order valence-electron chi connectivity index (χ0n) is 21.0. The normalized spacial score (nSPS) is 18.2. The van der Waals surface area contributed by atoms with Gasteiger partial charge in [0.2, 0.25) is 5.95 Å². The predicted molar refractivity (Wildman–Crippen MR) is 133 cm³/mol. The second-order valence-electron chi connectivity index (χ2n) is 9.50. The van der Waals surface area contributed by atoms with Crippen LogP contribution in [0.3, 0.4) is 0 Å².